The highest BCUT2D eigenvalue weighted by Crippen LogP contribution is 2.31. The van der Waals surface area contributed by atoms with Crippen LogP contribution in [0.4, 0.5) is 5.82 Å². The van der Waals surface area contributed by atoms with Gasteiger partial charge in [0.15, 0.2) is 11.5 Å². The van der Waals surface area contributed by atoms with Crippen LogP contribution in [0.3, 0.4) is 0 Å². The Bertz CT molecular complexity index is 834. The van der Waals surface area contributed by atoms with Gasteiger partial charge in [0, 0.05) is 24.2 Å². The number of amides is 1. The maximum absolute atomic E-state index is 12.1. The molecule has 116 valence electrons. The fourth-order valence-corrected chi connectivity index (χ4v) is 2.80. The summed E-state index contributed by atoms with van der Waals surface area (Å²) in [4.78, 5) is 12.9. The van der Waals surface area contributed by atoms with Crippen LogP contribution in [-0.2, 0) is 7.05 Å². The first-order chi connectivity index (χ1) is 11.1. The second-order valence-electron chi connectivity index (χ2n) is 4.62. The predicted molar refractivity (Wildman–Crippen MR) is 88.8 cm³/mol. The number of hydrogen-bond acceptors (Lipinski definition) is 5. The molecule has 0 saturated heterocycles. The van der Waals surface area contributed by atoms with Gasteiger partial charge in [-0.1, -0.05) is 35.5 Å². The minimum Gasteiger partial charge on any atom is -0.304 e. The summed E-state index contributed by atoms with van der Waals surface area (Å²) in [5, 5.41) is 16.0. The maximum Gasteiger partial charge on any atom is 0.277 e. The third-order valence-electron chi connectivity index (χ3n) is 2.88. The van der Waals surface area contributed by atoms with Crippen LogP contribution in [0.2, 0.25) is 5.02 Å². The fourth-order valence-electron chi connectivity index (χ4n) is 1.80. The van der Waals surface area contributed by atoms with E-state index < -0.39 is 0 Å². The summed E-state index contributed by atoms with van der Waals surface area (Å²) in [6.07, 6.45) is 1.74. The first-order valence-electron chi connectivity index (χ1n) is 6.69. The minimum atomic E-state index is -0.356. The summed E-state index contributed by atoms with van der Waals surface area (Å²) in [5.41, 5.74) is 0.221. The molecule has 0 saturated carbocycles. The number of nitrogens with zero attached hydrogens (tertiary/aromatic N) is 4. The standard InChI is InChI=1S/C15H12ClN5OS/c1-21-9-8-13(20-21)17-15(22)11-6-7-14(19-18-11)23-12-5-3-2-4-10(12)16/h2-9H,1H3,(H,17,20,22). The third kappa shape index (κ3) is 3.88. The molecule has 1 aromatic carbocycles. The van der Waals surface area contributed by atoms with E-state index in [4.69, 9.17) is 11.6 Å². The van der Waals surface area contributed by atoms with Gasteiger partial charge in [0.05, 0.1) is 5.02 Å². The van der Waals surface area contributed by atoms with Gasteiger partial charge in [-0.05, 0) is 24.3 Å². The summed E-state index contributed by atoms with van der Waals surface area (Å²) < 4.78 is 1.60. The summed E-state index contributed by atoms with van der Waals surface area (Å²) in [6.45, 7) is 0. The molecule has 2 aromatic heterocycles. The molecular weight excluding hydrogens is 334 g/mol. The van der Waals surface area contributed by atoms with Crippen LogP contribution >= 0.6 is 23.4 Å². The van der Waals surface area contributed by atoms with Crippen molar-refractivity contribution < 1.29 is 4.79 Å². The zero-order valence-electron chi connectivity index (χ0n) is 12.1. The summed E-state index contributed by atoms with van der Waals surface area (Å²) in [7, 11) is 1.77. The van der Waals surface area contributed by atoms with Crippen molar-refractivity contribution in [2.24, 2.45) is 7.05 Å². The van der Waals surface area contributed by atoms with Crippen LogP contribution in [0.15, 0.2) is 58.6 Å². The van der Waals surface area contributed by atoms with E-state index in [0.29, 0.717) is 15.9 Å². The fraction of sp³-hybridized carbons (Fsp3) is 0.0667. The number of rotatable bonds is 4. The molecule has 3 rings (SSSR count). The van der Waals surface area contributed by atoms with Gasteiger partial charge in [-0.3, -0.25) is 9.48 Å². The lowest BCUT2D eigenvalue weighted by atomic mass is 10.3. The van der Waals surface area contributed by atoms with E-state index in [1.807, 2.05) is 24.3 Å². The minimum absolute atomic E-state index is 0.221. The highest BCUT2D eigenvalue weighted by atomic mass is 35.5. The Balaban J connectivity index is 1.69. The average molecular weight is 346 g/mol. The van der Waals surface area contributed by atoms with Gasteiger partial charge in [0.2, 0.25) is 0 Å². The number of benzene rings is 1. The van der Waals surface area contributed by atoms with E-state index in [2.05, 4.69) is 20.6 Å². The molecule has 2 heterocycles. The van der Waals surface area contributed by atoms with Crippen molar-refractivity contribution in [3.63, 3.8) is 0 Å². The Labute approximate surface area is 141 Å². The van der Waals surface area contributed by atoms with Crippen molar-refractivity contribution in [3.8, 4) is 0 Å². The molecule has 1 N–H and O–H groups in total. The van der Waals surface area contributed by atoms with E-state index in [0.717, 1.165) is 4.90 Å². The normalized spacial score (nSPS) is 10.5. The van der Waals surface area contributed by atoms with Gasteiger partial charge >= 0.3 is 0 Å². The zero-order valence-corrected chi connectivity index (χ0v) is 13.7. The number of aromatic nitrogens is 4. The molecule has 0 atom stereocenters. The molecule has 0 aliphatic carbocycles. The molecule has 0 spiro atoms. The third-order valence-corrected chi connectivity index (χ3v) is 4.32. The average Bonchev–Trinajstić information content (AvgIpc) is 2.95. The number of nitrogens with one attached hydrogen (secondary N) is 1. The van der Waals surface area contributed by atoms with E-state index in [-0.39, 0.29) is 11.6 Å². The maximum atomic E-state index is 12.1. The Morgan fingerprint density at radius 1 is 1.17 bits per heavy atom. The van der Waals surface area contributed by atoms with Gasteiger partial charge in [-0.25, -0.2) is 0 Å². The second kappa shape index (κ2) is 6.80. The Morgan fingerprint density at radius 3 is 2.65 bits per heavy atom. The summed E-state index contributed by atoms with van der Waals surface area (Å²) in [5.74, 6) is 0.110. The smallest absolute Gasteiger partial charge is 0.277 e. The molecule has 23 heavy (non-hydrogen) atoms. The molecule has 0 unspecified atom stereocenters. The molecule has 3 aromatic rings. The van der Waals surface area contributed by atoms with Crippen molar-refractivity contribution in [3.05, 3.63) is 59.4 Å². The van der Waals surface area contributed by atoms with Crippen LogP contribution < -0.4 is 5.32 Å². The predicted octanol–water partition coefficient (Wildman–Crippen LogP) is 3.27. The van der Waals surface area contributed by atoms with E-state index in [1.165, 1.54) is 11.8 Å². The Hall–Kier alpha value is -2.38. The number of halogens is 1. The van der Waals surface area contributed by atoms with Crippen molar-refractivity contribution in [2.75, 3.05) is 5.32 Å². The van der Waals surface area contributed by atoms with E-state index in [9.17, 15) is 4.79 Å². The molecule has 0 bridgehead atoms. The molecule has 6 nitrogen and oxygen atoms in total. The molecule has 8 heteroatoms. The monoisotopic (exact) mass is 345 g/mol. The molecular formula is C15H12ClN5OS. The molecule has 0 aliphatic heterocycles. The van der Waals surface area contributed by atoms with Gasteiger partial charge < -0.3 is 5.32 Å². The molecule has 0 aliphatic rings. The van der Waals surface area contributed by atoms with Gasteiger partial charge in [-0.2, -0.15) is 5.10 Å². The lowest BCUT2D eigenvalue weighted by Gasteiger charge is -2.04. The van der Waals surface area contributed by atoms with Crippen molar-refractivity contribution in [1.29, 1.82) is 0 Å². The summed E-state index contributed by atoms with van der Waals surface area (Å²) in [6, 6.07) is 12.5. The zero-order chi connectivity index (χ0) is 16.2. The summed E-state index contributed by atoms with van der Waals surface area (Å²) >= 11 is 7.50. The Kier molecular flexibility index (Phi) is 4.59. The van der Waals surface area contributed by atoms with E-state index in [1.54, 1.807) is 36.1 Å². The van der Waals surface area contributed by atoms with Crippen LogP contribution in [0.25, 0.3) is 0 Å². The quantitative estimate of drug-likeness (QED) is 0.785. The first kappa shape index (κ1) is 15.5. The largest absolute Gasteiger partial charge is 0.304 e. The number of carbonyl (C=O) groups is 1. The van der Waals surface area contributed by atoms with Gasteiger partial charge in [0.1, 0.15) is 5.03 Å². The topological polar surface area (TPSA) is 72.7 Å². The number of aryl methyl sites for hydroxylation is 1. The van der Waals surface area contributed by atoms with Gasteiger partial charge in [0.25, 0.3) is 5.91 Å². The van der Waals surface area contributed by atoms with Crippen molar-refractivity contribution >= 4 is 35.1 Å². The highest BCUT2D eigenvalue weighted by molar-refractivity contribution is 7.99. The molecule has 0 radical (unpaired) electrons. The lowest BCUT2D eigenvalue weighted by molar-refractivity contribution is 0.102. The van der Waals surface area contributed by atoms with Crippen molar-refractivity contribution in [1.82, 2.24) is 20.0 Å². The number of hydrogen-bond donors (Lipinski definition) is 1. The number of carbonyl (C=O) groups excluding carboxylic acids is 1. The number of anilines is 1. The molecule has 0 fully saturated rings. The van der Waals surface area contributed by atoms with E-state index >= 15 is 0 Å². The highest BCUT2D eigenvalue weighted by Gasteiger charge is 2.11. The second-order valence-corrected chi connectivity index (χ2v) is 6.09. The van der Waals surface area contributed by atoms with Crippen LogP contribution in [0.1, 0.15) is 10.5 Å². The van der Waals surface area contributed by atoms with Crippen LogP contribution in [0.5, 0.6) is 0 Å². The molecule has 1 amide bonds. The van der Waals surface area contributed by atoms with Crippen molar-refractivity contribution in [2.45, 2.75) is 9.92 Å². The van der Waals surface area contributed by atoms with Crippen LogP contribution in [-0.4, -0.2) is 25.9 Å². The Morgan fingerprint density at radius 2 is 2.00 bits per heavy atom. The van der Waals surface area contributed by atoms with Crippen LogP contribution in [0, 0.1) is 0 Å². The lowest BCUT2D eigenvalue weighted by Crippen LogP contribution is -2.14. The van der Waals surface area contributed by atoms with Gasteiger partial charge in [-0.15, -0.1) is 10.2 Å². The first-order valence-corrected chi connectivity index (χ1v) is 7.88. The SMILES string of the molecule is Cn1ccc(NC(=O)c2ccc(Sc3ccccc3Cl)nn2)n1.